The minimum Gasteiger partial charge on any atom is -0.257 e. The number of pyridine rings is 1. The van der Waals surface area contributed by atoms with Gasteiger partial charge in [0.05, 0.1) is 5.69 Å². The fraction of sp³-hybridized carbons (Fsp3) is 0.750. The van der Waals surface area contributed by atoms with Gasteiger partial charge in [0.25, 0.3) is 0 Å². The van der Waals surface area contributed by atoms with Gasteiger partial charge in [-0.3, -0.25) is 4.98 Å². The monoisotopic (exact) mass is 365 g/mol. The third kappa shape index (κ3) is 6.40. The molecule has 0 spiro atoms. The van der Waals surface area contributed by atoms with Crippen LogP contribution in [-0.2, 0) is 12.8 Å². The SMILES string of the molecule is Cc1nc2c(Br)cc1CCCCCCCCCCCCCC2. The molecule has 22 heavy (non-hydrogen) atoms. The van der Waals surface area contributed by atoms with Gasteiger partial charge in [0.2, 0.25) is 0 Å². The summed E-state index contributed by atoms with van der Waals surface area (Å²) in [5.41, 5.74) is 3.96. The minimum absolute atomic E-state index is 1.13. The molecular weight excluding hydrogens is 334 g/mol. The summed E-state index contributed by atoms with van der Waals surface area (Å²) in [6, 6.07) is 2.33. The van der Waals surface area contributed by atoms with E-state index in [2.05, 4.69) is 28.9 Å². The van der Waals surface area contributed by atoms with Gasteiger partial charge in [0.15, 0.2) is 0 Å². The number of rotatable bonds is 0. The Bertz CT molecular complexity index is 400. The molecule has 0 amide bonds. The Kier molecular flexibility index (Phi) is 8.51. The number of aromatic nitrogens is 1. The summed E-state index contributed by atoms with van der Waals surface area (Å²) in [4.78, 5) is 4.87. The van der Waals surface area contributed by atoms with Crippen LogP contribution < -0.4 is 0 Å². The lowest BCUT2D eigenvalue weighted by Crippen LogP contribution is -2.00. The molecule has 0 aromatic carbocycles. The van der Waals surface area contributed by atoms with Gasteiger partial charge in [-0.25, -0.2) is 0 Å². The Morgan fingerprint density at radius 2 is 1.18 bits per heavy atom. The van der Waals surface area contributed by atoms with Crippen LogP contribution in [0.15, 0.2) is 10.5 Å². The molecule has 2 bridgehead atoms. The molecule has 1 aromatic heterocycles. The first-order valence-corrected chi connectivity index (χ1v) is 10.2. The van der Waals surface area contributed by atoms with Crippen LogP contribution in [0.4, 0.5) is 0 Å². The van der Waals surface area contributed by atoms with Crippen LogP contribution in [-0.4, -0.2) is 4.98 Å². The standard InChI is InChI=1S/C20H32BrN/c1-17-18-14-12-10-8-6-4-2-3-5-7-9-11-13-15-20(22-17)19(21)16-18/h16H,2-15H2,1H3. The molecule has 0 unspecified atom stereocenters. The van der Waals surface area contributed by atoms with E-state index in [0.29, 0.717) is 0 Å². The number of aryl methyl sites for hydroxylation is 3. The summed E-state index contributed by atoms with van der Waals surface area (Å²) < 4.78 is 1.23. The minimum atomic E-state index is 1.13. The number of fused-ring (bicyclic) bond motifs is 15. The van der Waals surface area contributed by atoms with E-state index in [1.165, 1.54) is 105 Å². The second-order valence-corrected chi connectivity index (χ2v) is 7.76. The number of hydrogen-bond donors (Lipinski definition) is 0. The van der Waals surface area contributed by atoms with E-state index in [-0.39, 0.29) is 0 Å². The second kappa shape index (κ2) is 10.4. The average molecular weight is 366 g/mol. The molecule has 0 saturated heterocycles. The first-order chi connectivity index (χ1) is 10.8. The zero-order valence-corrected chi connectivity index (χ0v) is 15.9. The highest BCUT2D eigenvalue weighted by atomic mass is 79.9. The zero-order chi connectivity index (χ0) is 15.6. The van der Waals surface area contributed by atoms with E-state index >= 15 is 0 Å². The van der Waals surface area contributed by atoms with Crippen molar-refractivity contribution in [3.05, 3.63) is 27.5 Å². The molecule has 0 radical (unpaired) electrons. The van der Waals surface area contributed by atoms with Crippen molar-refractivity contribution in [3.63, 3.8) is 0 Å². The van der Waals surface area contributed by atoms with Crippen LogP contribution in [0.3, 0.4) is 0 Å². The molecule has 1 nitrogen and oxygen atoms in total. The van der Waals surface area contributed by atoms with Crippen LogP contribution in [0.1, 0.15) is 94.0 Å². The van der Waals surface area contributed by atoms with Crippen LogP contribution in [0, 0.1) is 6.92 Å². The van der Waals surface area contributed by atoms with E-state index in [4.69, 9.17) is 4.98 Å². The molecule has 0 atom stereocenters. The molecule has 0 saturated carbocycles. The Hall–Kier alpha value is -0.370. The molecule has 2 heterocycles. The van der Waals surface area contributed by atoms with Crippen LogP contribution in [0.25, 0.3) is 0 Å². The largest absolute Gasteiger partial charge is 0.257 e. The summed E-state index contributed by atoms with van der Waals surface area (Å²) in [5.74, 6) is 0. The molecule has 2 heteroatoms. The van der Waals surface area contributed by atoms with Crippen molar-refractivity contribution in [2.45, 2.75) is 96.8 Å². The van der Waals surface area contributed by atoms with Crippen molar-refractivity contribution in [2.75, 3.05) is 0 Å². The Balaban J connectivity index is 1.94. The normalized spacial score (nSPS) is 19.5. The maximum Gasteiger partial charge on any atom is 0.0548 e. The van der Waals surface area contributed by atoms with Crippen molar-refractivity contribution >= 4 is 15.9 Å². The van der Waals surface area contributed by atoms with Gasteiger partial charge in [-0.1, -0.05) is 64.2 Å². The van der Waals surface area contributed by atoms with Gasteiger partial charge in [-0.05, 0) is 60.2 Å². The summed E-state index contributed by atoms with van der Waals surface area (Å²) in [6.45, 7) is 2.18. The predicted octanol–water partition coefficient (Wildman–Crippen LogP) is 6.93. The molecule has 3 rings (SSSR count). The van der Waals surface area contributed by atoms with Crippen molar-refractivity contribution in [1.29, 1.82) is 0 Å². The van der Waals surface area contributed by atoms with E-state index in [9.17, 15) is 0 Å². The highest BCUT2D eigenvalue weighted by Gasteiger charge is 2.08. The fourth-order valence-corrected chi connectivity index (χ4v) is 4.04. The first-order valence-electron chi connectivity index (χ1n) is 9.42. The molecule has 0 fully saturated rings. The van der Waals surface area contributed by atoms with E-state index in [1.807, 2.05) is 0 Å². The van der Waals surface area contributed by atoms with Gasteiger partial charge in [-0.15, -0.1) is 0 Å². The Labute approximate surface area is 145 Å². The molecule has 1 aliphatic carbocycles. The number of nitrogens with zero attached hydrogens (tertiary/aromatic N) is 1. The van der Waals surface area contributed by atoms with Crippen LogP contribution in [0.2, 0.25) is 0 Å². The maximum absolute atomic E-state index is 4.87. The third-order valence-electron chi connectivity index (χ3n) is 4.95. The molecule has 0 N–H and O–H groups in total. The van der Waals surface area contributed by atoms with Crippen molar-refractivity contribution in [2.24, 2.45) is 0 Å². The summed E-state index contributed by atoms with van der Waals surface area (Å²) in [7, 11) is 0. The quantitative estimate of drug-likeness (QED) is 0.485. The molecule has 2 aliphatic rings. The summed E-state index contributed by atoms with van der Waals surface area (Å²) in [5, 5.41) is 0. The van der Waals surface area contributed by atoms with Gasteiger partial charge >= 0.3 is 0 Å². The van der Waals surface area contributed by atoms with E-state index in [1.54, 1.807) is 0 Å². The van der Waals surface area contributed by atoms with Crippen LogP contribution >= 0.6 is 15.9 Å². The van der Waals surface area contributed by atoms with Gasteiger partial charge in [0, 0.05) is 10.2 Å². The van der Waals surface area contributed by atoms with Gasteiger partial charge < -0.3 is 0 Å². The number of halogens is 1. The Morgan fingerprint density at radius 3 is 1.73 bits per heavy atom. The molecular formula is C20H32BrN. The highest BCUT2D eigenvalue weighted by molar-refractivity contribution is 9.10. The van der Waals surface area contributed by atoms with Crippen molar-refractivity contribution < 1.29 is 0 Å². The fourth-order valence-electron chi connectivity index (χ4n) is 3.47. The van der Waals surface area contributed by atoms with E-state index < -0.39 is 0 Å². The zero-order valence-electron chi connectivity index (χ0n) is 14.3. The lowest BCUT2D eigenvalue weighted by molar-refractivity contribution is 0.538. The topological polar surface area (TPSA) is 12.9 Å². The molecule has 124 valence electrons. The van der Waals surface area contributed by atoms with Crippen molar-refractivity contribution in [3.8, 4) is 0 Å². The highest BCUT2D eigenvalue weighted by Crippen LogP contribution is 2.23. The number of hydrogen-bond acceptors (Lipinski definition) is 1. The lowest BCUT2D eigenvalue weighted by Gasteiger charge is -2.11. The van der Waals surface area contributed by atoms with Gasteiger partial charge in [0.1, 0.15) is 0 Å². The average Bonchev–Trinajstić information content (AvgIpc) is 2.50. The summed E-state index contributed by atoms with van der Waals surface area (Å²) >= 11 is 3.74. The first kappa shape index (κ1) is 18.0. The Morgan fingerprint density at radius 1 is 0.727 bits per heavy atom. The predicted molar refractivity (Wildman–Crippen MR) is 99.5 cm³/mol. The molecule has 1 aromatic rings. The van der Waals surface area contributed by atoms with E-state index in [0.717, 1.165) is 6.42 Å². The van der Waals surface area contributed by atoms with Gasteiger partial charge in [-0.2, -0.15) is 0 Å². The van der Waals surface area contributed by atoms with Crippen molar-refractivity contribution in [1.82, 2.24) is 4.98 Å². The summed E-state index contributed by atoms with van der Waals surface area (Å²) in [6.07, 6.45) is 19.1. The smallest absolute Gasteiger partial charge is 0.0548 e. The maximum atomic E-state index is 4.87. The lowest BCUT2D eigenvalue weighted by atomic mass is 10.0. The third-order valence-corrected chi connectivity index (χ3v) is 5.64. The second-order valence-electron chi connectivity index (χ2n) is 6.90. The molecule has 1 aliphatic heterocycles. The van der Waals surface area contributed by atoms with Crippen LogP contribution in [0.5, 0.6) is 0 Å².